The van der Waals surface area contributed by atoms with Crippen LogP contribution < -0.4 is 15.2 Å². The zero-order valence-electron chi connectivity index (χ0n) is 23.5. The van der Waals surface area contributed by atoms with Gasteiger partial charge in [-0.15, -0.1) is 0 Å². The van der Waals surface area contributed by atoms with Crippen LogP contribution in [-0.2, 0) is 12.3 Å². The van der Waals surface area contributed by atoms with E-state index in [0.29, 0.717) is 18.3 Å². The third-order valence-electron chi connectivity index (χ3n) is 4.95. The van der Waals surface area contributed by atoms with Gasteiger partial charge in [0, 0.05) is 18.2 Å². The molecular weight excluding hydrogens is 511 g/mol. The van der Waals surface area contributed by atoms with E-state index in [1.54, 1.807) is 6.08 Å². The lowest BCUT2D eigenvalue weighted by Crippen LogP contribution is -2.53. The van der Waals surface area contributed by atoms with Crippen molar-refractivity contribution in [2.75, 3.05) is 6.54 Å². The van der Waals surface area contributed by atoms with Crippen molar-refractivity contribution in [3.8, 4) is 5.75 Å². The average molecular weight is 558 g/mol. The molecule has 1 N–H and O–H groups in total. The summed E-state index contributed by atoms with van der Waals surface area (Å²) < 4.78 is 25.1. The van der Waals surface area contributed by atoms with Crippen molar-refractivity contribution >= 4 is 59.9 Å². The number of hydrogen-bond donors (Lipinski definition) is 1. The van der Waals surface area contributed by atoms with Crippen LogP contribution in [0.15, 0.2) is 18.7 Å². The Morgan fingerprint density at radius 2 is 1.53 bits per heavy atom. The van der Waals surface area contributed by atoms with Crippen LogP contribution in [0.5, 0.6) is 5.75 Å². The second-order valence-corrected chi connectivity index (χ2v) is 31.1. The third kappa shape index (κ3) is 10.4. The maximum Gasteiger partial charge on any atom is 0.412 e. The summed E-state index contributed by atoms with van der Waals surface area (Å²) >= 11 is 0. The highest BCUT2D eigenvalue weighted by molar-refractivity contribution is 6.89. The van der Waals surface area contributed by atoms with Crippen LogP contribution >= 0.6 is 0 Å². The van der Waals surface area contributed by atoms with Crippen LogP contribution in [0.2, 0.25) is 78.1 Å². The van der Waals surface area contributed by atoms with Crippen molar-refractivity contribution in [3.63, 3.8) is 0 Å². The molecule has 0 radical (unpaired) electrons. The van der Waals surface area contributed by atoms with Gasteiger partial charge in [0.2, 0.25) is 8.32 Å². The second kappa shape index (κ2) is 12.0. The normalized spacial score (nSPS) is 13.2. The maximum absolute atomic E-state index is 12.6. The number of nitrogens with one attached hydrogen (secondary N) is 1. The van der Waals surface area contributed by atoms with Gasteiger partial charge < -0.3 is 22.4 Å². The molecule has 11 heteroatoms. The first kappa shape index (κ1) is 31.2. The SMILES string of the molecule is C=Cc1c(OC(=O)NCC[Si](C)(O[Si](C)(C)C)O[Si](C)(C)C)ccc([Si](C)(C)O[SiH](C)C)c1C. The minimum absolute atomic E-state index is 0.448. The summed E-state index contributed by atoms with van der Waals surface area (Å²) in [6, 6.07) is 4.58. The Kier molecular flexibility index (Phi) is 11.0. The van der Waals surface area contributed by atoms with E-state index >= 15 is 0 Å². The van der Waals surface area contributed by atoms with Crippen molar-refractivity contribution in [3.05, 3.63) is 29.8 Å². The molecular formula is C23H47NO5Si5. The largest absolute Gasteiger partial charge is 0.455 e. The number of hydrogen-bond acceptors (Lipinski definition) is 5. The van der Waals surface area contributed by atoms with E-state index in [0.717, 1.165) is 11.1 Å². The van der Waals surface area contributed by atoms with Crippen molar-refractivity contribution in [1.82, 2.24) is 5.32 Å². The second-order valence-electron chi connectivity index (χ2n) is 11.7. The van der Waals surface area contributed by atoms with Crippen molar-refractivity contribution in [2.45, 2.75) is 85.0 Å². The number of ether oxygens (including phenoxy) is 1. The summed E-state index contributed by atoms with van der Waals surface area (Å²) in [5, 5.41) is 4.11. The standard InChI is InChI=1S/C23H47NO5Si5/c1-14-20-19(2)22(33(11,12)27-30(3)4)16-15-21(20)26-23(25)24-17-18-34(13,28-31(5,6)7)29-32(8,9)10/h14-16,30H,1,17-18H2,2-13H3,(H,24,25). The van der Waals surface area contributed by atoms with Gasteiger partial charge >= 0.3 is 14.7 Å². The molecule has 1 rings (SSSR count). The Labute approximate surface area is 213 Å². The quantitative estimate of drug-likeness (QED) is 0.324. The first-order valence-electron chi connectivity index (χ1n) is 12.1. The number of benzene rings is 1. The van der Waals surface area contributed by atoms with E-state index in [1.165, 1.54) is 5.19 Å². The Morgan fingerprint density at radius 3 is 1.97 bits per heavy atom. The van der Waals surface area contributed by atoms with E-state index in [-0.39, 0.29) is 0 Å². The predicted octanol–water partition coefficient (Wildman–Crippen LogP) is 5.91. The van der Waals surface area contributed by atoms with Crippen LogP contribution in [0.4, 0.5) is 4.79 Å². The first-order chi connectivity index (χ1) is 15.3. The molecule has 6 nitrogen and oxygen atoms in total. The lowest BCUT2D eigenvalue weighted by atomic mass is 10.1. The Bertz CT molecular complexity index is 847. The van der Waals surface area contributed by atoms with Crippen LogP contribution in [0.1, 0.15) is 11.1 Å². The fourth-order valence-corrected chi connectivity index (χ4v) is 23.3. The summed E-state index contributed by atoms with van der Waals surface area (Å²) in [5.74, 6) is 0.511. The summed E-state index contributed by atoms with van der Waals surface area (Å²) in [6.45, 7) is 30.4. The Morgan fingerprint density at radius 1 is 1.00 bits per heavy atom. The van der Waals surface area contributed by atoms with Gasteiger partial charge in [-0.05, 0) is 95.8 Å². The van der Waals surface area contributed by atoms with E-state index < -0.39 is 48.6 Å². The molecule has 0 aliphatic rings. The minimum atomic E-state index is -2.42. The van der Waals surface area contributed by atoms with Crippen LogP contribution in [0.25, 0.3) is 6.08 Å². The summed E-state index contributed by atoms with van der Waals surface area (Å²) in [6.07, 6.45) is 1.28. The molecule has 0 bridgehead atoms. The van der Waals surface area contributed by atoms with Gasteiger partial charge in [-0.1, -0.05) is 18.7 Å². The van der Waals surface area contributed by atoms with E-state index in [9.17, 15) is 4.79 Å². The van der Waals surface area contributed by atoms with E-state index in [4.69, 9.17) is 17.1 Å². The molecule has 0 aliphatic heterocycles. The maximum atomic E-state index is 12.6. The highest BCUT2D eigenvalue weighted by atomic mass is 28.5. The van der Waals surface area contributed by atoms with Crippen molar-refractivity contribution in [2.24, 2.45) is 0 Å². The Hall–Kier alpha value is -0.806. The Balaban J connectivity index is 2.94. The molecule has 34 heavy (non-hydrogen) atoms. The molecule has 0 spiro atoms. The van der Waals surface area contributed by atoms with Gasteiger partial charge in [0.05, 0.1) is 0 Å². The average Bonchev–Trinajstić information content (AvgIpc) is 2.56. The molecule has 0 saturated carbocycles. The van der Waals surface area contributed by atoms with Crippen LogP contribution in [0, 0.1) is 6.92 Å². The van der Waals surface area contributed by atoms with Crippen molar-refractivity contribution in [1.29, 1.82) is 0 Å². The molecule has 0 unspecified atom stereocenters. The van der Waals surface area contributed by atoms with Gasteiger partial charge in [0.15, 0.2) is 25.7 Å². The molecule has 0 saturated heterocycles. The van der Waals surface area contributed by atoms with Crippen LogP contribution in [-0.4, -0.2) is 55.2 Å². The summed E-state index contributed by atoms with van der Waals surface area (Å²) in [4.78, 5) is 12.6. The van der Waals surface area contributed by atoms with E-state index in [2.05, 4.69) is 90.8 Å². The molecule has 0 aliphatic carbocycles. The minimum Gasteiger partial charge on any atom is -0.455 e. The zero-order valence-corrected chi connectivity index (χ0v) is 28.6. The number of carbonyl (C=O) groups excluding carboxylic acids is 1. The predicted molar refractivity (Wildman–Crippen MR) is 158 cm³/mol. The molecule has 1 amide bonds. The number of amides is 1. The van der Waals surface area contributed by atoms with Gasteiger partial charge in [-0.3, -0.25) is 0 Å². The first-order valence-corrected chi connectivity index (χ1v) is 27.1. The fraction of sp³-hybridized carbons (Fsp3) is 0.609. The summed E-state index contributed by atoms with van der Waals surface area (Å²) in [7, 11) is -9.19. The molecule has 194 valence electrons. The lowest BCUT2D eigenvalue weighted by molar-refractivity contribution is 0.201. The van der Waals surface area contributed by atoms with Gasteiger partial charge in [-0.2, -0.15) is 0 Å². The fourth-order valence-electron chi connectivity index (χ4n) is 4.30. The topological polar surface area (TPSA) is 66.0 Å². The number of carbonyl (C=O) groups is 1. The summed E-state index contributed by atoms with van der Waals surface area (Å²) in [5.41, 5.74) is 1.91. The van der Waals surface area contributed by atoms with Gasteiger partial charge in [0.1, 0.15) is 5.75 Å². The van der Waals surface area contributed by atoms with Gasteiger partial charge in [0.25, 0.3) is 0 Å². The van der Waals surface area contributed by atoms with E-state index in [1.807, 2.05) is 12.1 Å². The molecule has 1 aromatic carbocycles. The van der Waals surface area contributed by atoms with Gasteiger partial charge in [-0.25, -0.2) is 4.79 Å². The van der Waals surface area contributed by atoms with Crippen LogP contribution in [0.3, 0.4) is 0 Å². The highest BCUT2D eigenvalue weighted by Gasteiger charge is 2.40. The molecule has 0 heterocycles. The smallest absolute Gasteiger partial charge is 0.412 e. The monoisotopic (exact) mass is 557 g/mol. The third-order valence-corrected chi connectivity index (χ3v) is 20.5. The zero-order chi connectivity index (χ0) is 26.5. The molecule has 0 aromatic heterocycles. The molecule has 0 fully saturated rings. The highest BCUT2D eigenvalue weighted by Crippen LogP contribution is 2.26. The molecule has 1 aromatic rings. The lowest BCUT2D eigenvalue weighted by Gasteiger charge is -2.38. The molecule has 0 atom stereocenters. The van der Waals surface area contributed by atoms with Crippen molar-refractivity contribution < 1.29 is 21.9 Å². The number of rotatable bonds is 12.